The van der Waals surface area contributed by atoms with Crippen molar-refractivity contribution in [1.29, 1.82) is 0 Å². The molecule has 0 unspecified atom stereocenters. The Hall–Kier alpha value is -1.39. The fourth-order valence-corrected chi connectivity index (χ4v) is 5.23. The number of hydrogen-bond acceptors (Lipinski definition) is 7. The molecular formula is C17H24N4O3S2. The zero-order chi connectivity index (χ0) is 18.6. The second kappa shape index (κ2) is 8.53. The van der Waals surface area contributed by atoms with Crippen LogP contribution in [0.4, 0.5) is 0 Å². The lowest BCUT2D eigenvalue weighted by atomic mass is 10.3. The number of rotatable bonds is 7. The summed E-state index contributed by atoms with van der Waals surface area (Å²) in [6.45, 7) is 5.57. The Morgan fingerprint density at radius 1 is 1.31 bits per heavy atom. The molecule has 2 aromatic rings. The largest absolute Gasteiger partial charge is 0.373 e. The summed E-state index contributed by atoms with van der Waals surface area (Å²) in [7, 11) is -3.28. The molecule has 7 nitrogen and oxygen atoms in total. The monoisotopic (exact) mass is 396 g/mol. The lowest BCUT2D eigenvalue weighted by Gasteiger charge is -2.34. The van der Waals surface area contributed by atoms with Crippen molar-refractivity contribution < 1.29 is 13.2 Å². The maximum absolute atomic E-state index is 12.5. The molecule has 3 rings (SSSR count). The van der Waals surface area contributed by atoms with Gasteiger partial charge in [0.2, 0.25) is 10.0 Å². The molecule has 2 aromatic heterocycles. The van der Waals surface area contributed by atoms with Crippen molar-refractivity contribution in [1.82, 2.24) is 19.6 Å². The summed E-state index contributed by atoms with van der Waals surface area (Å²) < 4.78 is 32.1. The van der Waals surface area contributed by atoms with E-state index in [0.717, 1.165) is 16.4 Å². The summed E-state index contributed by atoms with van der Waals surface area (Å²) in [6, 6.07) is 5.72. The van der Waals surface area contributed by atoms with Crippen LogP contribution >= 0.6 is 11.3 Å². The van der Waals surface area contributed by atoms with Crippen molar-refractivity contribution in [2.75, 3.05) is 25.4 Å². The minimum Gasteiger partial charge on any atom is -0.373 e. The number of morpholine rings is 1. The van der Waals surface area contributed by atoms with Crippen LogP contribution in [0.1, 0.15) is 19.5 Å². The third-order valence-corrected chi connectivity index (χ3v) is 6.78. The zero-order valence-corrected chi connectivity index (χ0v) is 16.6. The molecule has 9 heteroatoms. The van der Waals surface area contributed by atoms with Crippen molar-refractivity contribution in [3.05, 3.63) is 35.5 Å². The SMILES string of the molecule is C[C@@H]1CN(S(=O)(=O)CCNCc2csc(-c3ccccn3)n2)C[C@@H](C)O1. The number of hydrogen-bond donors (Lipinski definition) is 1. The molecule has 26 heavy (non-hydrogen) atoms. The predicted molar refractivity (Wildman–Crippen MR) is 102 cm³/mol. The highest BCUT2D eigenvalue weighted by Crippen LogP contribution is 2.21. The van der Waals surface area contributed by atoms with E-state index >= 15 is 0 Å². The van der Waals surface area contributed by atoms with Crippen molar-refractivity contribution >= 4 is 21.4 Å². The first kappa shape index (κ1) is 19.4. The number of sulfonamides is 1. The van der Waals surface area contributed by atoms with Gasteiger partial charge in [-0.25, -0.2) is 13.4 Å². The fourth-order valence-electron chi connectivity index (χ4n) is 2.90. The van der Waals surface area contributed by atoms with E-state index in [1.54, 1.807) is 6.20 Å². The van der Waals surface area contributed by atoms with Crippen LogP contribution in [-0.2, 0) is 21.3 Å². The van der Waals surface area contributed by atoms with Crippen molar-refractivity contribution in [3.8, 4) is 10.7 Å². The van der Waals surface area contributed by atoms with E-state index < -0.39 is 10.0 Å². The molecule has 0 spiro atoms. The quantitative estimate of drug-likeness (QED) is 0.718. The van der Waals surface area contributed by atoms with Crippen LogP contribution in [0.3, 0.4) is 0 Å². The number of nitrogens with zero attached hydrogens (tertiary/aromatic N) is 3. The summed E-state index contributed by atoms with van der Waals surface area (Å²) in [5.74, 6) is 0.0731. The third-order valence-electron chi connectivity index (χ3n) is 4.06. The second-order valence-corrected chi connectivity index (χ2v) is 9.37. The standard InChI is InChI=1S/C17H24N4O3S2/c1-13-10-21(11-14(2)24-13)26(22,23)8-7-18-9-15-12-25-17(20-15)16-5-3-4-6-19-16/h3-6,12-14,18H,7-11H2,1-2H3/t13-,14-/m1/s1. The first-order valence-electron chi connectivity index (χ1n) is 8.64. The van der Waals surface area contributed by atoms with Crippen LogP contribution in [-0.4, -0.2) is 60.3 Å². The van der Waals surface area contributed by atoms with Crippen LogP contribution in [0.25, 0.3) is 10.7 Å². The molecule has 0 bridgehead atoms. The van der Waals surface area contributed by atoms with Crippen molar-refractivity contribution in [2.24, 2.45) is 0 Å². The topological polar surface area (TPSA) is 84.4 Å². The highest BCUT2D eigenvalue weighted by molar-refractivity contribution is 7.89. The smallest absolute Gasteiger partial charge is 0.215 e. The fraction of sp³-hybridized carbons (Fsp3) is 0.529. The maximum Gasteiger partial charge on any atom is 0.215 e. The van der Waals surface area contributed by atoms with Gasteiger partial charge in [-0.3, -0.25) is 4.98 Å². The molecule has 0 aromatic carbocycles. The molecule has 0 saturated carbocycles. The van der Waals surface area contributed by atoms with Crippen molar-refractivity contribution in [2.45, 2.75) is 32.6 Å². The van der Waals surface area contributed by atoms with E-state index in [4.69, 9.17) is 4.74 Å². The van der Waals surface area contributed by atoms with Gasteiger partial charge in [-0.2, -0.15) is 4.31 Å². The number of nitrogens with one attached hydrogen (secondary N) is 1. The third kappa shape index (κ3) is 5.08. The molecule has 1 fully saturated rings. The van der Waals surface area contributed by atoms with E-state index in [9.17, 15) is 8.42 Å². The van der Waals surface area contributed by atoms with Gasteiger partial charge in [0.1, 0.15) is 5.01 Å². The lowest BCUT2D eigenvalue weighted by Crippen LogP contribution is -2.49. The minimum absolute atomic E-state index is 0.0680. The molecule has 1 saturated heterocycles. The lowest BCUT2D eigenvalue weighted by molar-refractivity contribution is -0.0440. The summed E-state index contributed by atoms with van der Waals surface area (Å²) >= 11 is 1.54. The number of aromatic nitrogens is 2. The molecule has 0 radical (unpaired) electrons. The van der Waals surface area contributed by atoms with Gasteiger partial charge in [-0.15, -0.1) is 11.3 Å². The summed E-state index contributed by atoms with van der Waals surface area (Å²) in [5.41, 5.74) is 1.74. The molecule has 0 aliphatic carbocycles. The van der Waals surface area contributed by atoms with Gasteiger partial charge >= 0.3 is 0 Å². The summed E-state index contributed by atoms with van der Waals surface area (Å²) in [6.07, 6.45) is 1.61. The van der Waals surface area contributed by atoms with E-state index in [-0.39, 0.29) is 18.0 Å². The Kier molecular flexibility index (Phi) is 6.36. The normalized spacial score (nSPS) is 21.8. The first-order valence-corrected chi connectivity index (χ1v) is 11.1. The Labute approximate surface area is 158 Å². The maximum atomic E-state index is 12.5. The first-order chi connectivity index (χ1) is 12.4. The Morgan fingerprint density at radius 2 is 2.08 bits per heavy atom. The van der Waals surface area contributed by atoms with Gasteiger partial charge in [0, 0.05) is 37.8 Å². The molecule has 3 heterocycles. The summed E-state index contributed by atoms with van der Waals surface area (Å²) in [4.78, 5) is 8.83. The summed E-state index contributed by atoms with van der Waals surface area (Å²) in [5, 5.41) is 6.01. The number of thiazole rings is 1. The van der Waals surface area contributed by atoms with Crippen LogP contribution in [0.15, 0.2) is 29.8 Å². The molecule has 142 valence electrons. The average molecular weight is 397 g/mol. The Balaban J connectivity index is 1.47. The highest BCUT2D eigenvalue weighted by atomic mass is 32.2. The molecular weight excluding hydrogens is 372 g/mol. The molecule has 2 atom stereocenters. The highest BCUT2D eigenvalue weighted by Gasteiger charge is 2.30. The van der Waals surface area contributed by atoms with E-state index in [0.29, 0.717) is 26.2 Å². The van der Waals surface area contributed by atoms with Crippen molar-refractivity contribution in [3.63, 3.8) is 0 Å². The minimum atomic E-state index is -3.28. The predicted octanol–water partition coefficient (Wildman–Crippen LogP) is 1.73. The van der Waals surface area contributed by atoms with Crippen LogP contribution < -0.4 is 5.32 Å². The average Bonchev–Trinajstić information content (AvgIpc) is 3.08. The van der Waals surface area contributed by atoms with E-state index in [1.165, 1.54) is 15.6 Å². The molecule has 1 aliphatic heterocycles. The van der Waals surface area contributed by atoms with E-state index in [2.05, 4.69) is 15.3 Å². The molecule has 0 amide bonds. The van der Waals surface area contributed by atoms with E-state index in [1.807, 2.05) is 37.4 Å². The van der Waals surface area contributed by atoms with Gasteiger partial charge in [0.05, 0.1) is 29.3 Å². The van der Waals surface area contributed by atoms with Gasteiger partial charge in [-0.05, 0) is 26.0 Å². The van der Waals surface area contributed by atoms with Crippen LogP contribution in [0.5, 0.6) is 0 Å². The van der Waals surface area contributed by atoms with Gasteiger partial charge in [0.25, 0.3) is 0 Å². The second-order valence-electron chi connectivity index (χ2n) is 6.43. The van der Waals surface area contributed by atoms with Crippen LogP contribution in [0.2, 0.25) is 0 Å². The van der Waals surface area contributed by atoms with Gasteiger partial charge in [-0.1, -0.05) is 6.07 Å². The Morgan fingerprint density at radius 3 is 2.77 bits per heavy atom. The number of ether oxygens (including phenoxy) is 1. The van der Waals surface area contributed by atoms with Gasteiger partial charge < -0.3 is 10.1 Å². The molecule has 1 aliphatic rings. The number of pyridine rings is 1. The van der Waals surface area contributed by atoms with Crippen LogP contribution in [0, 0.1) is 0 Å². The zero-order valence-electron chi connectivity index (χ0n) is 15.0. The van der Waals surface area contributed by atoms with Gasteiger partial charge in [0.15, 0.2) is 0 Å². The molecule has 1 N–H and O–H groups in total. The Bertz CT molecular complexity index is 800.